The minimum absolute atomic E-state index is 0.0353. The largest absolute Gasteiger partial charge is 0.396 e. The van der Waals surface area contributed by atoms with Crippen LogP contribution < -0.4 is 5.32 Å². The molecule has 0 saturated carbocycles. The van der Waals surface area contributed by atoms with Crippen LogP contribution in [0, 0.1) is 5.41 Å². The first-order valence-electron chi connectivity index (χ1n) is 5.51. The molecular weight excluding hydrogens is 254 g/mol. The summed E-state index contributed by atoms with van der Waals surface area (Å²) in [4.78, 5) is 12.8. The van der Waals surface area contributed by atoms with Gasteiger partial charge in [0.25, 0.3) is 0 Å². The van der Waals surface area contributed by atoms with Crippen LogP contribution in [0.2, 0.25) is 0 Å². The van der Waals surface area contributed by atoms with Crippen LogP contribution in [0.5, 0.6) is 0 Å². The molecule has 0 bridgehead atoms. The number of aliphatic hydroxyl groups is 1. The Morgan fingerprint density at radius 1 is 1.59 bits per heavy atom. The van der Waals surface area contributed by atoms with Gasteiger partial charge in [0, 0.05) is 29.2 Å². The predicted octanol–water partition coefficient (Wildman–Crippen LogP) is 2.12. The van der Waals surface area contributed by atoms with Gasteiger partial charge in [-0.2, -0.15) is 0 Å². The van der Waals surface area contributed by atoms with Crippen molar-refractivity contribution in [2.45, 2.75) is 19.6 Å². The van der Waals surface area contributed by atoms with Gasteiger partial charge in [0.05, 0.1) is 5.75 Å². The van der Waals surface area contributed by atoms with Crippen LogP contribution >= 0.6 is 23.1 Å². The third kappa shape index (κ3) is 6.10. The number of nitrogens with one attached hydrogen (secondary N) is 1. The Hall–Kier alpha value is -0.520. The quantitative estimate of drug-likeness (QED) is 0.800. The van der Waals surface area contributed by atoms with Crippen molar-refractivity contribution in [3.8, 4) is 0 Å². The third-order valence-corrected chi connectivity index (χ3v) is 4.29. The summed E-state index contributed by atoms with van der Waals surface area (Å²) in [6, 6.07) is 4.09. The van der Waals surface area contributed by atoms with E-state index in [0.29, 0.717) is 12.3 Å². The van der Waals surface area contributed by atoms with Crippen molar-refractivity contribution >= 4 is 29.0 Å². The van der Waals surface area contributed by atoms with Crippen LogP contribution in [-0.4, -0.2) is 29.9 Å². The van der Waals surface area contributed by atoms with Crippen molar-refractivity contribution < 1.29 is 9.90 Å². The highest BCUT2D eigenvalue weighted by atomic mass is 32.2. The maximum Gasteiger partial charge on any atom is 0.230 e. The lowest BCUT2D eigenvalue weighted by Crippen LogP contribution is -2.36. The van der Waals surface area contributed by atoms with Gasteiger partial charge in [-0.15, -0.1) is 23.1 Å². The molecule has 0 atom stereocenters. The fourth-order valence-corrected chi connectivity index (χ4v) is 2.78. The monoisotopic (exact) mass is 273 g/mol. The molecule has 1 aromatic rings. The van der Waals surface area contributed by atoms with Gasteiger partial charge in [-0.1, -0.05) is 19.9 Å². The highest BCUT2D eigenvalue weighted by Crippen LogP contribution is 2.17. The van der Waals surface area contributed by atoms with E-state index >= 15 is 0 Å². The minimum Gasteiger partial charge on any atom is -0.396 e. The number of hydrogen-bond acceptors (Lipinski definition) is 4. The van der Waals surface area contributed by atoms with Gasteiger partial charge in [-0.25, -0.2) is 0 Å². The zero-order valence-corrected chi connectivity index (χ0v) is 11.9. The molecule has 1 heterocycles. The zero-order valence-electron chi connectivity index (χ0n) is 10.2. The van der Waals surface area contributed by atoms with Crippen molar-refractivity contribution in [3.63, 3.8) is 0 Å². The summed E-state index contributed by atoms with van der Waals surface area (Å²) in [7, 11) is 0. The molecule has 0 spiro atoms. The van der Waals surface area contributed by atoms with E-state index in [1.165, 1.54) is 4.88 Å². The molecule has 0 aromatic carbocycles. The fourth-order valence-electron chi connectivity index (χ4n) is 1.08. The maximum absolute atomic E-state index is 11.5. The van der Waals surface area contributed by atoms with Crippen LogP contribution in [-0.2, 0) is 10.5 Å². The van der Waals surface area contributed by atoms with Crippen LogP contribution in [0.4, 0.5) is 0 Å². The maximum atomic E-state index is 11.5. The lowest BCUT2D eigenvalue weighted by molar-refractivity contribution is -0.119. The topological polar surface area (TPSA) is 49.3 Å². The first-order chi connectivity index (χ1) is 8.03. The molecule has 0 aliphatic rings. The Morgan fingerprint density at radius 2 is 2.35 bits per heavy atom. The Kier molecular flexibility index (Phi) is 6.02. The van der Waals surface area contributed by atoms with E-state index < -0.39 is 0 Å². The Morgan fingerprint density at radius 3 is 2.94 bits per heavy atom. The Labute approximate surface area is 111 Å². The number of hydrogen-bond donors (Lipinski definition) is 2. The van der Waals surface area contributed by atoms with Gasteiger partial charge in [-0.3, -0.25) is 4.79 Å². The van der Waals surface area contributed by atoms with Crippen molar-refractivity contribution in [1.82, 2.24) is 5.32 Å². The van der Waals surface area contributed by atoms with Gasteiger partial charge in [0.2, 0.25) is 5.91 Å². The van der Waals surface area contributed by atoms with Gasteiger partial charge in [0.1, 0.15) is 0 Å². The number of thiophene rings is 1. The molecule has 3 nitrogen and oxygen atoms in total. The molecule has 96 valence electrons. The van der Waals surface area contributed by atoms with Crippen molar-refractivity contribution in [1.29, 1.82) is 0 Å². The van der Waals surface area contributed by atoms with Crippen LogP contribution in [0.1, 0.15) is 18.7 Å². The third-order valence-electron chi connectivity index (χ3n) is 2.25. The summed E-state index contributed by atoms with van der Waals surface area (Å²) in [5, 5.41) is 13.9. The first kappa shape index (κ1) is 14.5. The number of thioether (sulfide) groups is 1. The Bertz CT molecular complexity index is 336. The van der Waals surface area contributed by atoms with E-state index in [1.807, 2.05) is 25.3 Å². The highest BCUT2D eigenvalue weighted by Gasteiger charge is 2.17. The summed E-state index contributed by atoms with van der Waals surface area (Å²) < 4.78 is 0. The first-order valence-corrected chi connectivity index (χ1v) is 7.54. The molecule has 0 aliphatic heterocycles. The zero-order chi connectivity index (χ0) is 12.7. The molecule has 0 aliphatic carbocycles. The van der Waals surface area contributed by atoms with Crippen LogP contribution in [0.3, 0.4) is 0 Å². The summed E-state index contributed by atoms with van der Waals surface area (Å²) in [6.07, 6.45) is 0. The van der Waals surface area contributed by atoms with E-state index in [9.17, 15) is 4.79 Å². The summed E-state index contributed by atoms with van der Waals surface area (Å²) in [5.41, 5.74) is -0.242. The fraction of sp³-hybridized carbons (Fsp3) is 0.583. The van der Waals surface area contributed by atoms with Crippen molar-refractivity contribution in [2.24, 2.45) is 5.41 Å². The highest BCUT2D eigenvalue weighted by molar-refractivity contribution is 7.99. The Balaban J connectivity index is 2.13. The van der Waals surface area contributed by atoms with E-state index in [1.54, 1.807) is 23.1 Å². The molecule has 1 aromatic heterocycles. The summed E-state index contributed by atoms with van der Waals surface area (Å²) >= 11 is 3.32. The number of carbonyl (C=O) groups is 1. The van der Waals surface area contributed by atoms with Crippen molar-refractivity contribution in [3.05, 3.63) is 22.4 Å². The van der Waals surface area contributed by atoms with Gasteiger partial charge >= 0.3 is 0 Å². The molecule has 0 saturated heterocycles. The smallest absolute Gasteiger partial charge is 0.230 e. The standard InChI is InChI=1S/C12H19NO2S2/c1-12(2,9-14)8-13-11(15)7-16-6-10-4-3-5-17-10/h3-5,14H,6-9H2,1-2H3,(H,13,15). The molecule has 2 N–H and O–H groups in total. The van der Waals surface area contributed by atoms with Gasteiger partial charge in [-0.05, 0) is 11.4 Å². The average molecular weight is 273 g/mol. The molecule has 5 heteroatoms. The molecule has 1 amide bonds. The summed E-state index contributed by atoms with van der Waals surface area (Å²) in [6.45, 7) is 4.44. The number of amides is 1. The van der Waals surface area contributed by atoms with E-state index in [0.717, 1.165) is 5.75 Å². The second kappa shape index (κ2) is 7.03. The molecular formula is C12H19NO2S2. The average Bonchev–Trinajstić information content (AvgIpc) is 2.80. The second-order valence-corrected chi connectivity index (χ2v) is 6.69. The van der Waals surface area contributed by atoms with Crippen LogP contribution in [0.25, 0.3) is 0 Å². The molecule has 0 unspecified atom stereocenters. The predicted molar refractivity (Wildman–Crippen MR) is 74.4 cm³/mol. The van der Waals surface area contributed by atoms with E-state index in [-0.39, 0.29) is 17.9 Å². The van der Waals surface area contributed by atoms with Crippen LogP contribution in [0.15, 0.2) is 17.5 Å². The number of carbonyl (C=O) groups excluding carboxylic acids is 1. The van der Waals surface area contributed by atoms with E-state index in [2.05, 4.69) is 11.4 Å². The summed E-state index contributed by atoms with van der Waals surface area (Å²) in [5.74, 6) is 1.39. The van der Waals surface area contributed by atoms with Crippen molar-refractivity contribution in [2.75, 3.05) is 18.9 Å². The lowest BCUT2D eigenvalue weighted by atomic mass is 9.95. The number of rotatable bonds is 7. The second-order valence-electron chi connectivity index (χ2n) is 4.67. The lowest BCUT2D eigenvalue weighted by Gasteiger charge is -2.21. The minimum atomic E-state index is -0.242. The number of aliphatic hydroxyl groups excluding tert-OH is 1. The molecule has 0 radical (unpaired) electrons. The van der Waals surface area contributed by atoms with E-state index in [4.69, 9.17) is 5.11 Å². The molecule has 17 heavy (non-hydrogen) atoms. The normalized spacial score (nSPS) is 11.5. The van der Waals surface area contributed by atoms with Gasteiger partial charge in [0.15, 0.2) is 0 Å². The SMILES string of the molecule is CC(C)(CO)CNC(=O)CSCc1cccs1. The molecule has 0 fully saturated rings. The molecule has 1 rings (SSSR count). The van der Waals surface area contributed by atoms with Gasteiger partial charge < -0.3 is 10.4 Å².